The molecule has 0 aliphatic carbocycles. The predicted molar refractivity (Wildman–Crippen MR) is 101 cm³/mol. The Kier molecular flexibility index (Phi) is 6.68. The van der Waals surface area contributed by atoms with E-state index in [1.807, 2.05) is 12.1 Å². The van der Waals surface area contributed by atoms with Crippen LogP contribution in [0.1, 0.15) is 25.7 Å². The fraction of sp³-hybridized carbons (Fsp3) is 0.700. The number of rotatable bonds is 7. The molecule has 2 fully saturated rings. The van der Waals surface area contributed by atoms with E-state index in [1.165, 1.54) is 12.8 Å². The highest BCUT2D eigenvalue weighted by Gasteiger charge is 2.28. The molecule has 1 unspecified atom stereocenters. The van der Waals surface area contributed by atoms with Crippen LogP contribution in [0.2, 0.25) is 0 Å². The standard InChI is InChI=1S/C20H32FN3O/c1-22(2)13-14-24(16-18-6-5-15-25-18)17-9-11-23(12-10-17)20-8-4-3-7-19(20)21/h3-4,7-8,17-18H,5-6,9-16H2,1-2H3. The molecule has 2 heterocycles. The highest BCUT2D eigenvalue weighted by atomic mass is 19.1. The zero-order chi connectivity index (χ0) is 17.6. The van der Waals surface area contributed by atoms with E-state index >= 15 is 0 Å². The summed E-state index contributed by atoms with van der Waals surface area (Å²) in [6, 6.07) is 7.71. The van der Waals surface area contributed by atoms with E-state index in [2.05, 4.69) is 28.8 Å². The molecule has 1 atom stereocenters. The van der Waals surface area contributed by atoms with Gasteiger partial charge in [0.1, 0.15) is 5.82 Å². The molecule has 1 aromatic rings. The van der Waals surface area contributed by atoms with E-state index in [4.69, 9.17) is 4.74 Å². The van der Waals surface area contributed by atoms with Crippen LogP contribution in [0.25, 0.3) is 0 Å². The molecule has 25 heavy (non-hydrogen) atoms. The minimum atomic E-state index is -0.107. The quantitative estimate of drug-likeness (QED) is 0.753. The van der Waals surface area contributed by atoms with Crippen LogP contribution in [0.3, 0.4) is 0 Å². The molecule has 0 amide bonds. The fourth-order valence-electron chi connectivity index (χ4n) is 3.98. The van der Waals surface area contributed by atoms with Crippen molar-refractivity contribution in [3.8, 4) is 0 Å². The first-order chi connectivity index (χ1) is 12.1. The Labute approximate surface area is 151 Å². The highest BCUT2D eigenvalue weighted by Crippen LogP contribution is 2.26. The molecule has 4 nitrogen and oxygen atoms in total. The minimum Gasteiger partial charge on any atom is -0.377 e. The number of ether oxygens (including phenoxy) is 1. The third kappa shape index (κ3) is 5.16. The number of hydrogen-bond donors (Lipinski definition) is 0. The van der Waals surface area contributed by atoms with E-state index in [9.17, 15) is 4.39 Å². The molecular formula is C20H32FN3O. The van der Waals surface area contributed by atoms with Gasteiger partial charge in [-0.25, -0.2) is 4.39 Å². The van der Waals surface area contributed by atoms with Gasteiger partial charge in [-0.1, -0.05) is 12.1 Å². The Morgan fingerprint density at radius 1 is 1.12 bits per heavy atom. The van der Waals surface area contributed by atoms with Crippen LogP contribution in [0.5, 0.6) is 0 Å². The van der Waals surface area contributed by atoms with Crippen molar-refractivity contribution in [2.24, 2.45) is 0 Å². The van der Waals surface area contributed by atoms with Gasteiger partial charge in [0.15, 0.2) is 0 Å². The van der Waals surface area contributed by atoms with Crippen molar-refractivity contribution in [3.05, 3.63) is 30.1 Å². The summed E-state index contributed by atoms with van der Waals surface area (Å²) in [4.78, 5) is 7.06. The summed E-state index contributed by atoms with van der Waals surface area (Å²) in [5.74, 6) is -0.107. The number of para-hydroxylation sites is 1. The smallest absolute Gasteiger partial charge is 0.146 e. The molecule has 2 saturated heterocycles. The molecule has 0 bridgehead atoms. The summed E-state index contributed by atoms with van der Waals surface area (Å²) in [7, 11) is 4.26. The van der Waals surface area contributed by atoms with Crippen molar-refractivity contribution in [3.63, 3.8) is 0 Å². The number of hydrogen-bond acceptors (Lipinski definition) is 4. The Morgan fingerprint density at radius 2 is 1.88 bits per heavy atom. The van der Waals surface area contributed by atoms with E-state index in [1.54, 1.807) is 12.1 Å². The first-order valence-electron chi connectivity index (χ1n) is 9.63. The molecule has 2 aliphatic rings. The van der Waals surface area contributed by atoms with Crippen LogP contribution in [0.4, 0.5) is 10.1 Å². The Hall–Kier alpha value is -1.17. The van der Waals surface area contributed by atoms with Gasteiger partial charge < -0.3 is 14.5 Å². The van der Waals surface area contributed by atoms with Crippen LogP contribution in [0.15, 0.2) is 24.3 Å². The third-order valence-corrected chi connectivity index (χ3v) is 5.47. The molecule has 0 aromatic heterocycles. The SMILES string of the molecule is CN(C)CCN(CC1CCCO1)C1CCN(c2ccccc2F)CC1. The summed E-state index contributed by atoms with van der Waals surface area (Å²) in [6.45, 7) is 5.96. The largest absolute Gasteiger partial charge is 0.377 e. The summed E-state index contributed by atoms with van der Waals surface area (Å²) in [5, 5.41) is 0. The highest BCUT2D eigenvalue weighted by molar-refractivity contribution is 5.47. The lowest BCUT2D eigenvalue weighted by molar-refractivity contribution is 0.0486. The second-order valence-corrected chi connectivity index (χ2v) is 7.60. The summed E-state index contributed by atoms with van der Waals surface area (Å²) >= 11 is 0. The lowest BCUT2D eigenvalue weighted by Crippen LogP contribution is -2.49. The van der Waals surface area contributed by atoms with Gasteiger partial charge in [0.05, 0.1) is 11.8 Å². The van der Waals surface area contributed by atoms with E-state index in [0.29, 0.717) is 12.1 Å². The molecule has 3 rings (SSSR count). The van der Waals surface area contributed by atoms with Gasteiger partial charge in [-0.3, -0.25) is 4.90 Å². The van der Waals surface area contributed by atoms with Gasteiger partial charge >= 0.3 is 0 Å². The van der Waals surface area contributed by atoms with Crippen LogP contribution in [-0.2, 0) is 4.74 Å². The van der Waals surface area contributed by atoms with Crippen LogP contribution in [0, 0.1) is 5.82 Å². The average Bonchev–Trinajstić information content (AvgIpc) is 3.12. The van der Waals surface area contributed by atoms with Gasteiger partial charge in [0.25, 0.3) is 0 Å². The van der Waals surface area contributed by atoms with Crippen molar-refractivity contribution in [2.45, 2.75) is 37.8 Å². The zero-order valence-electron chi connectivity index (χ0n) is 15.7. The first-order valence-corrected chi connectivity index (χ1v) is 9.63. The zero-order valence-corrected chi connectivity index (χ0v) is 15.7. The van der Waals surface area contributed by atoms with Crippen molar-refractivity contribution in [1.29, 1.82) is 0 Å². The molecule has 0 N–H and O–H groups in total. The lowest BCUT2D eigenvalue weighted by Gasteiger charge is -2.40. The van der Waals surface area contributed by atoms with E-state index in [-0.39, 0.29) is 5.82 Å². The average molecular weight is 349 g/mol. The third-order valence-electron chi connectivity index (χ3n) is 5.47. The first kappa shape index (κ1) is 18.6. The second kappa shape index (κ2) is 8.97. The summed E-state index contributed by atoms with van der Waals surface area (Å²) in [5.41, 5.74) is 0.750. The summed E-state index contributed by atoms with van der Waals surface area (Å²) < 4.78 is 19.9. The second-order valence-electron chi connectivity index (χ2n) is 7.60. The Morgan fingerprint density at radius 3 is 2.52 bits per heavy atom. The normalized spacial score (nSPS) is 22.3. The van der Waals surface area contributed by atoms with Crippen molar-refractivity contribution < 1.29 is 9.13 Å². The number of likely N-dealkylation sites (N-methyl/N-ethyl adjacent to an activating group) is 1. The fourth-order valence-corrected chi connectivity index (χ4v) is 3.98. The van der Waals surface area contributed by atoms with E-state index < -0.39 is 0 Å². The van der Waals surface area contributed by atoms with Crippen LogP contribution in [-0.4, -0.2) is 75.4 Å². The molecular weight excluding hydrogens is 317 g/mol. The number of benzene rings is 1. The molecule has 0 spiro atoms. The summed E-state index contributed by atoms with van der Waals surface area (Å²) in [6.07, 6.45) is 4.96. The molecule has 140 valence electrons. The van der Waals surface area contributed by atoms with Gasteiger partial charge in [0, 0.05) is 45.4 Å². The van der Waals surface area contributed by atoms with E-state index in [0.717, 1.165) is 57.9 Å². The monoisotopic (exact) mass is 349 g/mol. The van der Waals surface area contributed by atoms with Crippen molar-refractivity contribution in [2.75, 3.05) is 58.3 Å². The van der Waals surface area contributed by atoms with Gasteiger partial charge in [0.2, 0.25) is 0 Å². The van der Waals surface area contributed by atoms with Crippen LogP contribution >= 0.6 is 0 Å². The Bertz CT molecular complexity index is 525. The molecule has 2 aliphatic heterocycles. The number of halogens is 1. The maximum absolute atomic E-state index is 14.0. The van der Waals surface area contributed by atoms with Gasteiger partial charge in [-0.05, 0) is 51.9 Å². The predicted octanol–water partition coefficient (Wildman–Crippen LogP) is 2.84. The molecule has 0 saturated carbocycles. The maximum Gasteiger partial charge on any atom is 0.146 e. The van der Waals surface area contributed by atoms with Gasteiger partial charge in [-0.2, -0.15) is 0 Å². The molecule has 5 heteroatoms. The number of anilines is 1. The Balaban J connectivity index is 1.57. The molecule has 0 radical (unpaired) electrons. The molecule has 1 aromatic carbocycles. The van der Waals surface area contributed by atoms with Crippen molar-refractivity contribution >= 4 is 5.69 Å². The number of piperidine rings is 1. The van der Waals surface area contributed by atoms with Crippen LogP contribution < -0.4 is 4.90 Å². The minimum absolute atomic E-state index is 0.107. The lowest BCUT2D eigenvalue weighted by atomic mass is 10.0. The van der Waals surface area contributed by atoms with Crippen molar-refractivity contribution in [1.82, 2.24) is 9.80 Å². The maximum atomic E-state index is 14.0. The topological polar surface area (TPSA) is 19.0 Å². The van der Waals surface area contributed by atoms with Gasteiger partial charge in [-0.15, -0.1) is 0 Å². The number of nitrogens with zero attached hydrogens (tertiary/aromatic N) is 3.